The number of hydrogen-bond donors (Lipinski definition) is 4. The highest BCUT2D eigenvalue weighted by Gasteiger charge is 2.57. The quantitative estimate of drug-likeness (QED) is 0.187. The van der Waals surface area contributed by atoms with Crippen LogP contribution in [0.4, 0.5) is 5.69 Å². The summed E-state index contributed by atoms with van der Waals surface area (Å²) >= 11 is 6.97. The van der Waals surface area contributed by atoms with Crippen molar-refractivity contribution in [3.8, 4) is 16.9 Å². The molecule has 2 aromatic rings. The molecule has 0 aromatic heterocycles. The van der Waals surface area contributed by atoms with Crippen molar-refractivity contribution in [3.05, 3.63) is 46.5 Å². The summed E-state index contributed by atoms with van der Waals surface area (Å²) in [4.78, 5) is 38.5. The number of aliphatic hydroxyl groups is 2. The molecular weight excluding hydrogens is 706 g/mol. The highest BCUT2D eigenvalue weighted by Crippen LogP contribution is 2.61. The van der Waals surface area contributed by atoms with Gasteiger partial charge in [0, 0.05) is 61.0 Å². The van der Waals surface area contributed by atoms with Gasteiger partial charge in [-0.3, -0.25) is 14.4 Å². The Morgan fingerprint density at radius 3 is 2.37 bits per heavy atom. The number of likely N-dealkylation sites (N-methyl/N-ethyl adjacent to an activating group) is 1. The zero-order valence-electron chi connectivity index (χ0n) is 34.1. The molecule has 2 aromatic carbocycles. The number of halogens is 1. The molecule has 0 spiro atoms. The molecule has 300 valence electrons. The van der Waals surface area contributed by atoms with Crippen LogP contribution < -0.4 is 20.3 Å². The van der Waals surface area contributed by atoms with Crippen LogP contribution in [0, 0.1) is 35.0 Å². The molecule has 2 bridgehead atoms. The highest BCUT2D eigenvalue weighted by molar-refractivity contribution is 6.33. The Bertz CT molecular complexity index is 1640. The summed E-state index contributed by atoms with van der Waals surface area (Å²) in [5, 5.41) is 29.9. The lowest BCUT2D eigenvalue weighted by molar-refractivity contribution is -0.183. The first kappa shape index (κ1) is 42.2. The number of hydroxylamine groups is 2. The van der Waals surface area contributed by atoms with E-state index in [1.54, 1.807) is 25.2 Å². The average molecular weight is 770 g/mol. The number of ether oxygens (including phenoxy) is 1. The fourth-order valence-electron chi connectivity index (χ4n) is 9.48. The summed E-state index contributed by atoms with van der Waals surface area (Å²) in [6.07, 6.45) is 1.26. The van der Waals surface area contributed by atoms with Gasteiger partial charge in [0.1, 0.15) is 17.9 Å². The number of methoxy groups -OCH3 is 1. The summed E-state index contributed by atoms with van der Waals surface area (Å²) in [7, 11) is 9.42. The monoisotopic (exact) mass is 769 g/mol. The molecule has 2 amide bonds. The van der Waals surface area contributed by atoms with Crippen molar-refractivity contribution in [3.63, 3.8) is 0 Å². The van der Waals surface area contributed by atoms with Crippen molar-refractivity contribution in [2.75, 3.05) is 53.4 Å². The van der Waals surface area contributed by atoms with Crippen LogP contribution in [-0.4, -0.2) is 111 Å². The van der Waals surface area contributed by atoms with Gasteiger partial charge in [0.2, 0.25) is 5.91 Å². The number of benzene rings is 2. The van der Waals surface area contributed by atoms with Crippen LogP contribution in [0.2, 0.25) is 5.02 Å². The lowest BCUT2D eigenvalue weighted by Crippen LogP contribution is -2.62. The number of nitrogens with one attached hydrogen (secondary N) is 2. The first-order valence-electron chi connectivity index (χ1n) is 19.5. The lowest BCUT2D eigenvalue weighted by atomic mass is 9.45. The van der Waals surface area contributed by atoms with E-state index in [0.29, 0.717) is 56.7 Å². The van der Waals surface area contributed by atoms with E-state index < -0.39 is 24.2 Å². The zero-order chi connectivity index (χ0) is 39.8. The van der Waals surface area contributed by atoms with E-state index in [0.717, 1.165) is 25.1 Å². The molecule has 3 aliphatic carbocycles. The molecular formula is C42H64ClN5O6. The second kappa shape index (κ2) is 17.1. The predicted molar refractivity (Wildman–Crippen MR) is 215 cm³/mol. The van der Waals surface area contributed by atoms with Crippen LogP contribution in [0.25, 0.3) is 11.1 Å². The Balaban J connectivity index is 1.48. The molecule has 11 nitrogen and oxygen atoms in total. The van der Waals surface area contributed by atoms with Crippen LogP contribution in [0.5, 0.6) is 5.75 Å². The summed E-state index contributed by atoms with van der Waals surface area (Å²) in [6.45, 7) is 13.3. The third-order valence-corrected chi connectivity index (χ3v) is 12.8. The number of amides is 2. The number of anilines is 1. The molecule has 0 unspecified atom stereocenters. The summed E-state index contributed by atoms with van der Waals surface area (Å²) in [5.74, 6) is 1.25. The molecule has 0 radical (unpaired) electrons. The van der Waals surface area contributed by atoms with E-state index in [1.165, 1.54) is 6.42 Å². The maximum absolute atomic E-state index is 14.3. The molecule has 1 aliphatic heterocycles. The largest absolute Gasteiger partial charge is 0.496 e. The Morgan fingerprint density at radius 1 is 1.11 bits per heavy atom. The third kappa shape index (κ3) is 8.71. The molecule has 4 aliphatic rings. The molecule has 54 heavy (non-hydrogen) atoms. The van der Waals surface area contributed by atoms with E-state index in [4.69, 9.17) is 21.2 Å². The molecule has 12 heteroatoms. The van der Waals surface area contributed by atoms with E-state index in [-0.39, 0.29) is 42.5 Å². The molecule has 9 atom stereocenters. The predicted octanol–water partition coefficient (Wildman–Crippen LogP) is 5.45. The summed E-state index contributed by atoms with van der Waals surface area (Å²) in [5.41, 5.74) is 3.58. The molecule has 1 heterocycles. The normalized spacial score (nSPS) is 27.4. The van der Waals surface area contributed by atoms with Crippen LogP contribution in [0.1, 0.15) is 76.7 Å². The first-order chi connectivity index (χ1) is 25.4. The Hall–Kier alpha value is -2.93. The second-order valence-corrected chi connectivity index (χ2v) is 18.0. The number of fused-ring (bicyclic) bond motifs is 2. The van der Waals surface area contributed by atoms with Gasteiger partial charge in [-0.15, -0.1) is 0 Å². The van der Waals surface area contributed by atoms with Gasteiger partial charge in [0.15, 0.2) is 0 Å². The molecule has 1 saturated heterocycles. The average Bonchev–Trinajstić information content (AvgIpc) is 3.47. The Labute approximate surface area is 327 Å². The standard InChI is InChI=1S/C42H64ClN5O6/c1-23(2)14-30(21-46(7)8)44-40(51)28-15-27(16-31(17-28)47(9)10)37-33(43)13-12-26(39(37)53-11)20-48-38(36(25(4)50)35(22-49)54-48)41(52)45-34-19-29-18-32(24(34)3)42(29,5)6/h12-13,15-17,23-25,29-30,32,34-36,38,49-50H,14,18-22H2,1-11H3,(H,44,51)(H,45,52)/t24-,25-,29+,30-,32-,34-,35-,36+,38-/m0/s1. The fourth-order valence-corrected chi connectivity index (χ4v) is 9.74. The van der Waals surface area contributed by atoms with E-state index in [1.807, 2.05) is 57.4 Å². The smallest absolute Gasteiger partial charge is 0.251 e. The highest BCUT2D eigenvalue weighted by atomic mass is 35.5. The van der Waals surface area contributed by atoms with Gasteiger partial charge in [-0.1, -0.05) is 52.3 Å². The summed E-state index contributed by atoms with van der Waals surface area (Å²) < 4.78 is 6.08. The van der Waals surface area contributed by atoms with Crippen molar-refractivity contribution in [1.82, 2.24) is 20.6 Å². The molecule has 6 rings (SSSR count). The number of carbonyl (C=O) groups is 2. The van der Waals surface area contributed by atoms with Gasteiger partial charge in [0.25, 0.3) is 5.91 Å². The van der Waals surface area contributed by atoms with Crippen molar-refractivity contribution < 1.29 is 29.4 Å². The van der Waals surface area contributed by atoms with Crippen LogP contribution in [0.3, 0.4) is 0 Å². The third-order valence-electron chi connectivity index (χ3n) is 12.4. The lowest BCUT2D eigenvalue weighted by Gasteiger charge is -2.62. The maximum atomic E-state index is 14.3. The fraction of sp³-hybridized carbons (Fsp3) is 0.667. The van der Waals surface area contributed by atoms with Crippen LogP contribution in [0.15, 0.2) is 30.3 Å². The number of rotatable bonds is 15. The van der Waals surface area contributed by atoms with Crippen LogP contribution >= 0.6 is 11.6 Å². The molecule has 4 fully saturated rings. The van der Waals surface area contributed by atoms with Crippen LogP contribution in [-0.2, 0) is 16.2 Å². The minimum Gasteiger partial charge on any atom is -0.496 e. The number of carbonyl (C=O) groups excluding carboxylic acids is 2. The minimum absolute atomic E-state index is 0.0227. The van der Waals surface area contributed by atoms with E-state index in [2.05, 4.69) is 50.2 Å². The van der Waals surface area contributed by atoms with Gasteiger partial charge in [-0.25, -0.2) is 0 Å². The first-order valence-corrected chi connectivity index (χ1v) is 19.9. The second-order valence-electron chi connectivity index (χ2n) is 17.6. The van der Waals surface area contributed by atoms with Crippen molar-refractivity contribution in [2.45, 2.75) is 97.7 Å². The van der Waals surface area contributed by atoms with E-state index in [9.17, 15) is 19.8 Å². The van der Waals surface area contributed by atoms with Crippen molar-refractivity contribution in [2.24, 2.45) is 35.0 Å². The number of nitrogens with zero attached hydrogens (tertiary/aromatic N) is 3. The molecule has 3 saturated carbocycles. The Morgan fingerprint density at radius 2 is 1.81 bits per heavy atom. The van der Waals surface area contributed by atoms with Gasteiger partial charge < -0.3 is 35.4 Å². The zero-order valence-corrected chi connectivity index (χ0v) is 34.9. The SMILES string of the molecule is COc1c(CN2O[C@@H](CO)[C@@H]([C@H](C)O)[C@H]2C(=O)N[C@H]2C[C@H]3C[C@@H]([C@@H]2C)C3(C)C)ccc(Cl)c1-c1cc(C(=O)N[C@@H](CC(C)C)CN(C)C)cc(N(C)C)c1. The summed E-state index contributed by atoms with van der Waals surface area (Å²) in [6, 6.07) is 8.43. The number of aliphatic hydroxyl groups excluding tert-OH is 2. The Kier molecular flexibility index (Phi) is 13.3. The van der Waals surface area contributed by atoms with E-state index >= 15 is 0 Å². The van der Waals surface area contributed by atoms with Crippen molar-refractivity contribution in [1.29, 1.82) is 0 Å². The van der Waals surface area contributed by atoms with Gasteiger partial charge >= 0.3 is 0 Å². The maximum Gasteiger partial charge on any atom is 0.251 e. The minimum atomic E-state index is -0.919. The van der Waals surface area contributed by atoms with Gasteiger partial charge in [-0.2, -0.15) is 5.06 Å². The van der Waals surface area contributed by atoms with Gasteiger partial charge in [0.05, 0.1) is 31.4 Å². The number of hydrogen-bond acceptors (Lipinski definition) is 9. The molecule has 4 N–H and O–H groups in total. The topological polar surface area (TPSA) is 127 Å². The van der Waals surface area contributed by atoms with Crippen molar-refractivity contribution >= 4 is 29.1 Å². The van der Waals surface area contributed by atoms with Gasteiger partial charge in [-0.05, 0) is 99.2 Å².